The van der Waals surface area contributed by atoms with Crippen LogP contribution >= 0.6 is 0 Å². The molecule has 1 aromatic heterocycles. The molecule has 0 unspecified atom stereocenters. The Morgan fingerprint density at radius 2 is 1.64 bits per heavy atom. The van der Waals surface area contributed by atoms with Crippen LogP contribution in [0.15, 0.2) is 36.4 Å². The van der Waals surface area contributed by atoms with Crippen LogP contribution < -0.4 is 4.74 Å². The van der Waals surface area contributed by atoms with Gasteiger partial charge in [-0.3, -0.25) is 0 Å². The molecule has 1 heterocycles. The van der Waals surface area contributed by atoms with Crippen molar-refractivity contribution in [2.45, 2.75) is 66.8 Å². The summed E-state index contributed by atoms with van der Waals surface area (Å²) in [5.74, 6) is 2.19. The molecule has 0 saturated heterocycles. The lowest BCUT2D eigenvalue weighted by molar-refractivity contribution is 0.409. The van der Waals surface area contributed by atoms with E-state index in [1.807, 2.05) is 13.8 Å². The van der Waals surface area contributed by atoms with Crippen molar-refractivity contribution in [3.8, 4) is 5.75 Å². The van der Waals surface area contributed by atoms with Crippen molar-refractivity contribution in [1.29, 1.82) is 0 Å². The minimum absolute atomic E-state index is 0. The van der Waals surface area contributed by atoms with Gasteiger partial charge in [0, 0.05) is 13.0 Å². The summed E-state index contributed by atoms with van der Waals surface area (Å²) in [6.45, 7) is 11.5. The summed E-state index contributed by atoms with van der Waals surface area (Å²) in [5, 5.41) is 0. The lowest BCUT2D eigenvalue weighted by Crippen LogP contribution is -2.04. The molecule has 0 saturated carbocycles. The quantitative estimate of drug-likeness (QED) is 0.544. The van der Waals surface area contributed by atoms with Gasteiger partial charge < -0.3 is 14.8 Å². The van der Waals surface area contributed by atoms with Gasteiger partial charge in [-0.15, -0.1) is 0 Å². The lowest BCUT2D eigenvalue weighted by Gasteiger charge is -2.10. The van der Waals surface area contributed by atoms with E-state index in [-0.39, 0.29) is 5.48 Å². The van der Waals surface area contributed by atoms with Crippen molar-refractivity contribution in [2.75, 3.05) is 7.11 Å². The monoisotopic (exact) mass is 384 g/mol. The van der Waals surface area contributed by atoms with Crippen LogP contribution in [-0.2, 0) is 19.4 Å². The molecule has 0 aliphatic carbocycles. The van der Waals surface area contributed by atoms with E-state index in [0.29, 0.717) is 0 Å². The Morgan fingerprint density at radius 1 is 0.964 bits per heavy atom. The van der Waals surface area contributed by atoms with Gasteiger partial charge >= 0.3 is 0 Å². The number of hydrogen-bond acceptors (Lipinski definition) is 2. The van der Waals surface area contributed by atoms with Crippen LogP contribution in [0.3, 0.4) is 0 Å². The standard InChI is InChI=1S/C22H28N2O.C2H6.H2O/c1-5-13-24-20-11-9-17(3)15-19(20)23-22(24)8-6-7-18-14-16(2)10-12-21(18)25-4;1-2;/h9-12,14-15H,5-8,13H2,1-4H3;1-2H3;1H2. The normalized spacial score (nSPS) is 10.2. The smallest absolute Gasteiger partial charge is 0.122 e. The van der Waals surface area contributed by atoms with Gasteiger partial charge in [-0.2, -0.15) is 0 Å². The topological polar surface area (TPSA) is 58.5 Å². The zero-order chi connectivity index (χ0) is 19.8. The van der Waals surface area contributed by atoms with Crippen LogP contribution in [0, 0.1) is 13.8 Å². The Labute approximate surface area is 169 Å². The molecule has 0 fully saturated rings. The number of hydrogen-bond donors (Lipinski definition) is 0. The van der Waals surface area contributed by atoms with Crippen LogP contribution in [-0.4, -0.2) is 22.1 Å². The summed E-state index contributed by atoms with van der Waals surface area (Å²) in [7, 11) is 1.75. The van der Waals surface area contributed by atoms with Crippen molar-refractivity contribution in [3.63, 3.8) is 0 Å². The second-order valence-electron chi connectivity index (χ2n) is 6.84. The summed E-state index contributed by atoms with van der Waals surface area (Å²) >= 11 is 0. The lowest BCUT2D eigenvalue weighted by atomic mass is 10.0. The second-order valence-corrected chi connectivity index (χ2v) is 6.84. The molecule has 28 heavy (non-hydrogen) atoms. The third-order valence-electron chi connectivity index (χ3n) is 4.71. The number of aromatic nitrogens is 2. The van der Waals surface area contributed by atoms with Gasteiger partial charge in [-0.25, -0.2) is 4.98 Å². The van der Waals surface area contributed by atoms with Crippen molar-refractivity contribution in [3.05, 3.63) is 58.9 Å². The van der Waals surface area contributed by atoms with Gasteiger partial charge in [0.15, 0.2) is 0 Å². The maximum Gasteiger partial charge on any atom is 0.122 e. The van der Waals surface area contributed by atoms with Gasteiger partial charge in [0.25, 0.3) is 0 Å². The van der Waals surface area contributed by atoms with Gasteiger partial charge in [0.05, 0.1) is 18.1 Å². The summed E-state index contributed by atoms with van der Waals surface area (Å²) in [6.07, 6.45) is 4.20. The van der Waals surface area contributed by atoms with Crippen LogP contribution in [0.25, 0.3) is 11.0 Å². The maximum atomic E-state index is 5.51. The van der Waals surface area contributed by atoms with Crippen LogP contribution in [0.2, 0.25) is 0 Å². The number of nitrogens with zero attached hydrogens (tertiary/aromatic N) is 2. The Hall–Kier alpha value is -2.33. The first-order chi connectivity index (χ1) is 13.1. The van der Waals surface area contributed by atoms with Crippen molar-refractivity contribution < 1.29 is 10.2 Å². The molecule has 154 valence electrons. The minimum Gasteiger partial charge on any atom is -0.496 e. The van der Waals surface area contributed by atoms with Gasteiger partial charge in [0.2, 0.25) is 0 Å². The van der Waals surface area contributed by atoms with E-state index < -0.39 is 0 Å². The molecule has 0 atom stereocenters. The number of imidazole rings is 1. The number of ether oxygens (including phenoxy) is 1. The third kappa shape index (κ3) is 5.59. The zero-order valence-corrected chi connectivity index (χ0v) is 18.3. The number of aryl methyl sites for hydroxylation is 5. The average Bonchev–Trinajstić information content (AvgIpc) is 3.00. The molecule has 3 aromatic rings. The fourth-order valence-corrected chi connectivity index (χ4v) is 3.49. The van der Waals surface area contributed by atoms with E-state index in [1.165, 1.54) is 28.0 Å². The van der Waals surface area contributed by atoms with E-state index in [1.54, 1.807) is 7.11 Å². The first-order valence-corrected chi connectivity index (χ1v) is 10.2. The maximum absolute atomic E-state index is 5.51. The van der Waals surface area contributed by atoms with E-state index in [4.69, 9.17) is 9.72 Å². The summed E-state index contributed by atoms with van der Waals surface area (Å²) in [5.41, 5.74) is 6.22. The first kappa shape index (κ1) is 23.7. The molecular weight excluding hydrogens is 348 g/mol. The summed E-state index contributed by atoms with van der Waals surface area (Å²) in [4.78, 5) is 4.92. The summed E-state index contributed by atoms with van der Waals surface area (Å²) in [6, 6.07) is 13.0. The molecule has 4 heteroatoms. The molecule has 0 aliphatic rings. The fourth-order valence-electron chi connectivity index (χ4n) is 3.49. The average molecular weight is 385 g/mol. The molecule has 3 rings (SSSR count). The molecule has 0 bridgehead atoms. The molecule has 4 nitrogen and oxygen atoms in total. The molecular formula is C24H36N2O2. The zero-order valence-electron chi connectivity index (χ0n) is 18.3. The predicted octanol–water partition coefficient (Wildman–Crippen LogP) is 5.45. The highest BCUT2D eigenvalue weighted by molar-refractivity contribution is 5.76. The summed E-state index contributed by atoms with van der Waals surface area (Å²) < 4.78 is 7.90. The Kier molecular flexibility index (Phi) is 9.74. The molecule has 2 N–H and O–H groups in total. The number of benzene rings is 2. The SMILES string of the molecule is CC.CCCn1c(CCCc2cc(C)ccc2OC)nc2cc(C)ccc21.O. The van der Waals surface area contributed by atoms with E-state index in [2.05, 4.69) is 61.7 Å². The number of methoxy groups -OCH3 is 1. The molecule has 0 spiro atoms. The Bertz CT molecular complexity index is 868. The number of rotatable bonds is 7. The fraction of sp³-hybridized carbons (Fsp3) is 0.458. The molecule has 0 aliphatic heterocycles. The van der Waals surface area contributed by atoms with Crippen LogP contribution in [0.5, 0.6) is 5.75 Å². The van der Waals surface area contributed by atoms with Crippen molar-refractivity contribution in [1.82, 2.24) is 9.55 Å². The molecule has 0 amide bonds. The van der Waals surface area contributed by atoms with Crippen LogP contribution in [0.1, 0.15) is 56.1 Å². The largest absolute Gasteiger partial charge is 0.496 e. The number of fused-ring (bicyclic) bond motifs is 1. The predicted molar refractivity (Wildman–Crippen MR) is 119 cm³/mol. The van der Waals surface area contributed by atoms with Crippen LogP contribution in [0.4, 0.5) is 0 Å². The van der Waals surface area contributed by atoms with Gasteiger partial charge in [-0.05, 0) is 62.4 Å². The van der Waals surface area contributed by atoms with Crippen molar-refractivity contribution >= 4 is 11.0 Å². The van der Waals surface area contributed by atoms with Gasteiger partial charge in [0.1, 0.15) is 11.6 Å². The van der Waals surface area contributed by atoms with E-state index >= 15 is 0 Å². The highest BCUT2D eigenvalue weighted by atomic mass is 16.5. The highest BCUT2D eigenvalue weighted by Gasteiger charge is 2.11. The molecule has 2 aromatic carbocycles. The Balaban J connectivity index is 0.00000127. The van der Waals surface area contributed by atoms with E-state index in [0.717, 1.165) is 43.5 Å². The van der Waals surface area contributed by atoms with E-state index in [9.17, 15) is 0 Å². The minimum atomic E-state index is 0. The Morgan fingerprint density at radius 3 is 2.32 bits per heavy atom. The van der Waals surface area contributed by atoms with Crippen molar-refractivity contribution in [2.24, 2.45) is 0 Å². The highest BCUT2D eigenvalue weighted by Crippen LogP contribution is 2.23. The third-order valence-corrected chi connectivity index (χ3v) is 4.71. The second kappa shape index (κ2) is 11.5. The van der Waals surface area contributed by atoms with Gasteiger partial charge in [-0.1, -0.05) is 44.5 Å². The first-order valence-electron chi connectivity index (χ1n) is 10.2. The molecule has 0 radical (unpaired) electrons.